The summed E-state index contributed by atoms with van der Waals surface area (Å²) >= 11 is 0. The van der Waals surface area contributed by atoms with Crippen LogP contribution < -0.4 is 15.8 Å². The molecule has 3 N–H and O–H groups in total. The van der Waals surface area contributed by atoms with Crippen molar-refractivity contribution in [1.29, 1.82) is 0 Å². The fourth-order valence-corrected chi connectivity index (χ4v) is 1.52. The maximum atomic E-state index is 11.3. The predicted molar refractivity (Wildman–Crippen MR) is 57.9 cm³/mol. The number of nitrogens with two attached hydrogens (primary N) is 1. The number of hydrogen-bond acceptors (Lipinski definition) is 3. The molecule has 1 amide bonds. The van der Waals surface area contributed by atoms with E-state index in [-0.39, 0.29) is 5.91 Å². The van der Waals surface area contributed by atoms with Crippen molar-refractivity contribution >= 4 is 11.6 Å². The Hall–Kier alpha value is -1.55. The van der Waals surface area contributed by atoms with Crippen LogP contribution >= 0.6 is 0 Å². The van der Waals surface area contributed by atoms with Crippen LogP contribution in [0.1, 0.15) is 12.5 Å². The molecule has 1 aliphatic heterocycles. The summed E-state index contributed by atoms with van der Waals surface area (Å²) in [5.74, 6) is 0.739. The molecular weight excluding hydrogens is 192 g/mol. The van der Waals surface area contributed by atoms with Crippen molar-refractivity contribution in [3.8, 4) is 5.75 Å². The monoisotopic (exact) mass is 206 g/mol. The third-order valence-corrected chi connectivity index (χ3v) is 2.37. The lowest BCUT2D eigenvalue weighted by Crippen LogP contribution is -2.32. The van der Waals surface area contributed by atoms with Gasteiger partial charge in [-0.05, 0) is 30.7 Å². The van der Waals surface area contributed by atoms with Crippen LogP contribution in [-0.2, 0) is 11.2 Å². The molecule has 80 valence electrons. The number of rotatable bonds is 2. The first-order chi connectivity index (χ1) is 7.16. The van der Waals surface area contributed by atoms with Crippen molar-refractivity contribution in [2.24, 2.45) is 5.73 Å². The van der Waals surface area contributed by atoms with Gasteiger partial charge in [0.1, 0.15) is 5.75 Å². The van der Waals surface area contributed by atoms with Crippen molar-refractivity contribution in [2.75, 3.05) is 11.9 Å². The molecule has 2 rings (SSSR count). The molecule has 0 saturated carbocycles. The van der Waals surface area contributed by atoms with Crippen LogP contribution in [0.5, 0.6) is 5.75 Å². The standard InChI is InChI=1S/C11H14N2O2/c1-7(12)11(14)13-9-2-3-10-8(6-9)4-5-15-10/h2-3,6-7H,4-5,12H2,1H3,(H,13,14). The summed E-state index contributed by atoms with van der Waals surface area (Å²) in [6, 6.07) is 5.14. The zero-order valence-corrected chi connectivity index (χ0v) is 8.62. The van der Waals surface area contributed by atoms with E-state index in [1.165, 1.54) is 0 Å². The summed E-state index contributed by atoms with van der Waals surface area (Å²) in [5, 5.41) is 2.75. The van der Waals surface area contributed by atoms with Gasteiger partial charge in [-0.3, -0.25) is 4.79 Å². The van der Waals surface area contributed by atoms with Crippen LogP contribution in [0, 0.1) is 0 Å². The minimum Gasteiger partial charge on any atom is -0.493 e. The van der Waals surface area contributed by atoms with Crippen LogP contribution in [0.25, 0.3) is 0 Å². The summed E-state index contributed by atoms with van der Waals surface area (Å²) in [5.41, 5.74) is 7.38. The number of amides is 1. The largest absolute Gasteiger partial charge is 0.493 e. The zero-order valence-electron chi connectivity index (χ0n) is 8.62. The van der Waals surface area contributed by atoms with Gasteiger partial charge in [0.25, 0.3) is 0 Å². The van der Waals surface area contributed by atoms with Crippen molar-refractivity contribution in [3.63, 3.8) is 0 Å². The molecule has 0 aromatic heterocycles. The van der Waals surface area contributed by atoms with Gasteiger partial charge >= 0.3 is 0 Å². The van der Waals surface area contributed by atoms with E-state index in [0.717, 1.165) is 30.0 Å². The van der Waals surface area contributed by atoms with E-state index >= 15 is 0 Å². The minimum absolute atomic E-state index is 0.172. The molecule has 4 nitrogen and oxygen atoms in total. The third kappa shape index (κ3) is 2.10. The molecule has 1 heterocycles. The number of benzene rings is 1. The topological polar surface area (TPSA) is 64.4 Å². The lowest BCUT2D eigenvalue weighted by Gasteiger charge is -2.08. The van der Waals surface area contributed by atoms with Gasteiger partial charge in [-0.15, -0.1) is 0 Å². The number of ether oxygens (including phenoxy) is 1. The molecule has 1 aromatic rings. The smallest absolute Gasteiger partial charge is 0.240 e. The summed E-state index contributed by atoms with van der Waals surface area (Å²) in [6.07, 6.45) is 0.900. The summed E-state index contributed by atoms with van der Waals surface area (Å²) in [6.45, 7) is 2.38. The normalized spacial score (nSPS) is 15.3. The van der Waals surface area contributed by atoms with Gasteiger partial charge in [0.05, 0.1) is 12.6 Å². The Kier molecular flexibility index (Phi) is 2.60. The van der Waals surface area contributed by atoms with Crippen LogP contribution in [0.3, 0.4) is 0 Å². The third-order valence-electron chi connectivity index (χ3n) is 2.37. The molecular formula is C11H14N2O2. The number of anilines is 1. The first-order valence-corrected chi connectivity index (χ1v) is 4.99. The zero-order chi connectivity index (χ0) is 10.8. The first kappa shape index (κ1) is 9.98. The Morgan fingerprint density at radius 3 is 3.13 bits per heavy atom. The number of nitrogens with one attached hydrogen (secondary N) is 1. The second-order valence-electron chi connectivity index (χ2n) is 3.70. The molecule has 0 spiro atoms. The number of hydrogen-bond donors (Lipinski definition) is 2. The highest BCUT2D eigenvalue weighted by Crippen LogP contribution is 2.27. The van der Waals surface area contributed by atoms with E-state index in [0.29, 0.717) is 0 Å². The lowest BCUT2D eigenvalue weighted by atomic mass is 10.1. The summed E-state index contributed by atoms with van der Waals surface area (Å²) in [4.78, 5) is 11.3. The van der Waals surface area contributed by atoms with E-state index in [2.05, 4.69) is 5.32 Å². The van der Waals surface area contributed by atoms with Gasteiger partial charge in [-0.25, -0.2) is 0 Å². The quantitative estimate of drug-likeness (QED) is 0.755. The van der Waals surface area contributed by atoms with Crippen LogP contribution in [-0.4, -0.2) is 18.6 Å². The molecule has 0 radical (unpaired) electrons. The average Bonchev–Trinajstić information content (AvgIpc) is 2.64. The molecule has 15 heavy (non-hydrogen) atoms. The molecule has 1 atom stereocenters. The second kappa shape index (κ2) is 3.90. The fraction of sp³-hybridized carbons (Fsp3) is 0.364. The highest BCUT2D eigenvalue weighted by atomic mass is 16.5. The van der Waals surface area contributed by atoms with E-state index in [1.54, 1.807) is 6.92 Å². The Balaban J connectivity index is 2.13. The number of carbonyl (C=O) groups is 1. The highest BCUT2D eigenvalue weighted by Gasteiger charge is 2.13. The van der Waals surface area contributed by atoms with Crippen molar-refractivity contribution in [1.82, 2.24) is 0 Å². The fourth-order valence-electron chi connectivity index (χ4n) is 1.52. The predicted octanol–water partition coefficient (Wildman–Crippen LogP) is 0.907. The Morgan fingerprint density at radius 1 is 1.60 bits per heavy atom. The number of fused-ring (bicyclic) bond motifs is 1. The van der Waals surface area contributed by atoms with Gasteiger partial charge < -0.3 is 15.8 Å². The first-order valence-electron chi connectivity index (χ1n) is 4.99. The molecule has 0 aliphatic carbocycles. The van der Waals surface area contributed by atoms with Gasteiger partial charge in [0.2, 0.25) is 5.91 Å². The van der Waals surface area contributed by atoms with Crippen molar-refractivity contribution in [2.45, 2.75) is 19.4 Å². The molecule has 0 bridgehead atoms. The average molecular weight is 206 g/mol. The summed E-state index contributed by atoms with van der Waals surface area (Å²) < 4.78 is 5.37. The Labute approximate surface area is 88.4 Å². The maximum absolute atomic E-state index is 11.3. The van der Waals surface area contributed by atoms with Crippen LogP contribution in [0.2, 0.25) is 0 Å². The van der Waals surface area contributed by atoms with Gasteiger partial charge in [-0.1, -0.05) is 0 Å². The number of carbonyl (C=O) groups excluding carboxylic acids is 1. The van der Waals surface area contributed by atoms with Gasteiger partial charge in [-0.2, -0.15) is 0 Å². The van der Waals surface area contributed by atoms with Gasteiger partial charge in [0, 0.05) is 12.1 Å². The van der Waals surface area contributed by atoms with E-state index in [4.69, 9.17) is 10.5 Å². The van der Waals surface area contributed by atoms with E-state index in [1.807, 2.05) is 18.2 Å². The summed E-state index contributed by atoms with van der Waals surface area (Å²) in [7, 11) is 0. The Bertz CT molecular complexity index is 388. The van der Waals surface area contributed by atoms with Crippen molar-refractivity contribution < 1.29 is 9.53 Å². The molecule has 1 aliphatic rings. The molecule has 0 saturated heterocycles. The van der Waals surface area contributed by atoms with Crippen LogP contribution in [0.4, 0.5) is 5.69 Å². The molecule has 4 heteroatoms. The van der Waals surface area contributed by atoms with Gasteiger partial charge in [0.15, 0.2) is 0 Å². The minimum atomic E-state index is -0.491. The van der Waals surface area contributed by atoms with E-state index in [9.17, 15) is 4.79 Å². The SMILES string of the molecule is CC(N)C(=O)Nc1ccc2c(c1)CCO2. The highest BCUT2D eigenvalue weighted by molar-refractivity contribution is 5.94. The van der Waals surface area contributed by atoms with Crippen molar-refractivity contribution in [3.05, 3.63) is 23.8 Å². The molecule has 1 aromatic carbocycles. The van der Waals surface area contributed by atoms with Crippen LogP contribution in [0.15, 0.2) is 18.2 Å². The molecule has 0 fully saturated rings. The van der Waals surface area contributed by atoms with E-state index < -0.39 is 6.04 Å². The molecule has 1 unspecified atom stereocenters. The Morgan fingerprint density at radius 2 is 2.40 bits per heavy atom. The second-order valence-corrected chi connectivity index (χ2v) is 3.70. The maximum Gasteiger partial charge on any atom is 0.240 e. The lowest BCUT2D eigenvalue weighted by molar-refractivity contribution is -0.117.